The molecule has 8 heteroatoms. The van der Waals surface area contributed by atoms with Crippen molar-refractivity contribution in [2.75, 3.05) is 12.1 Å². The molecule has 0 saturated carbocycles. The van der Waals surface area contributed by atoms with Gasteiger partial charge in [-0.2, -0.15) is 5.01 Å². The Morgan fingerprint density at radius 3 is 2.62 bits per heavy atom. The maximum Gasteiger partial charge on any atom is 0.303 e. The van der Waals surface area contributed by atoms with E-state index in [9.17, 15) is 9.59 Å². The molecule has 0 fully saturated rings. The lowest BCUT2D eigenvalue weighted by Crippen LogP contribution is -2.50. The van der Waals surface area contributed by atoms with Crippen molar-refractivity contribution in [2.24, 2.45) is 5.10 Å². The molecule has 2 heterocycles. The van der Waals surface area contributed by atoms with E-state index in [-0.39, 0.29) is 11.8 Å². The zero-order valence-electron chi connectivity index (χ0n) is 13.2. The van der Waals surface area contributed by atoms with Crippen LogP contribution in [0.3, 0.4) is 0 Å². The Labute approximate surface area is 143 Å². The van der Waals surface area contributed by atoms with Crippen LogP contribution in [-0.2, 0) is 14.3 Å². The number of hydrazine groups is 1. The summed E-state index contributed by atoms with van der Waals surface area (Å²) in [7, 11) is 1.71. The standard InChI is InChI=1S/C16H16N4O3S/c1-11(21)20-16(23-15(18-20)13-9-6-10-24-13)14(22)17-19(2)12-7-4-3-5-8-12/h3-10,16H,1-2H3,(H,17,22). The van der Waals surface area contributed by atoms with Gasteiger partial charge in [-0.25, -0.2) is 0 Å². The van der Waals surface area contributed by atoms with Crippen LogP contribution >= 0.6 is 11.3 Å². The number of hydrazone groups is 1. The molecule has 0 bridgehead atoms. The third kappa shape index (κ3) is 3.23. The first-order chi connectivity index (χ1) is 11.6. The fraction of sp³-hybridized carbons (Fsp3) is 0.188. The van der Waals surface area contributed by atoms with E-state index in [1.54, 1.807) is 12.1 Å². The van der Waals surface area contributed by atoms with Gasteiger partial charge in [-0.05, 0) is 23.6 Å². The van der Waals surface area contributed by atoms with Crippen LogP contribution in [0.5, 0.6) is 0 Å². The number of para-hydroxylation sites is 1. The highest BCUT2D eigenvalue weighted by molar-refractivity contribution is 7.12. The number of nitrogens with one attached hydrogen (secondary N) is 1. The molecule has 7 nitrogen and oxygen atoms in total. The summed E-state index contributed by atoms with van der Waals surface area (Å²) in [5.74, 6) is -0.585. The van der Waals surface area contributed by atoms with Gasteiger partial charge in [-0.3, -0.25) is 20.0 Å². The predicted octanol–water partition coefficient (Wildman–Crippen LogP) is 1.78. The minimum atomic E-state index is -1.13. The van der Waals surface area contributed by atoms with Crippen LogP contribution in [0.2, 0.25) is 0 Å². The van der Waals surface area contributed by atoms with E-state index < -0.39 is 12.1 Å². The van der Waals surface area contributed by atoms with Crippen LogP contribution in [0.15, 0.2) is 52.9 Å². The van der Waals surface area contributed by atoms with Gasteiger partial charge in [0.05, 0.1) is 10.6 Å². The van der Waals surface area contributed by atoms with Crippen molar-refractivity contribution in [2.45, 2.75) is 13.2 Å². The highest BCUT2D eigenvalue weighted by Gasteiger charge is 2.38. The SMILES string of the molecule is CC(=O)N1N=C(c2cccs2)OC1C(=O)NN(C)c1ccccc1. The third-order valence-electron chi connectivity index (χ3n) is 3.34. The molecule has 1 N–H and O–H groups in total. The molecule has 124 valence electrons. The molecule has 0 radical (unpaired) electrons. The van der Waals surface area contributed by atoms with Crippen molar-refractivity contribution in [3.63, 3.8) is 0 Å². The van der Waals surface area contributed by atoms with Gasteiger partial charge < -0.3 is 4.74 Å². The van der Waals surface area contributed by atoms with E-state index in [2.05, 4.69) is 10.5 Å². The second-order valence-corrected chi connectivity index (χ2v) is 6.03. The fourth-order valence-electron chi connectivity index (χ4n) is 2.17. The molecular formula is C16H16N4O3S. The summed E-state index contributed by atoms with van der Waals surface area (Å²) in [6.45, 7) is 1.34. The van der Waals surface area contributed by atoms with Crippen molar-refractivity contribution >= 4 is 34.7 Å². The van der Waals surface area contributed by atoms with Crippen molar-refractivity contribution in [3.8, 4) is 0 Å². The maximum absolute atomic E-state index is 12.5. The summed E-state index contributed by atoms with van der Waals surface area (Å²) in [4.78, 5) is 25.1. The Morgan fingerprint density at radius 1 is 1.25 bits per heavy atom. The number of nitrogens with zero attached hydrogens (tertiary/aromatic N) is 3. The average Bonchev–Trinajstić information content (AvgIpc) is 3.24. The van der Waals surface area contributed by atoms with Crippen molar-refractivity contribution in [3.05, 3.63) is 52.7 Å². The zero-order valence-corrected chi connectivity index (χ0v) is 14.0. The summed E-state index contributed by atoms with van der Waals surface area (Å²) in [5.41, 5.74) is 3.50. The van der Waals surface area contributed by atoms with E-state index in [1.807, 2.05) is 47.8 Å². The molecule has 1 atom stereocenters. The summed E-state index contributed by atoms with van der Waals surface area (Å²) in [6.07, 6.45) is -1.13. The van der Waals surface area contributed by atoms with E-state index >= 15 is 0 Å². The monoisotopic (exact) mass is 344 g/mol. The molecule has 1 unspecified atom stereocenters. The first-order valence-corrected chi connectivity index (χ1v) is 8.12. The zero-order chi connectivity index (χ0) is 17.1. The smallest absolute Gasteiger partial charge is 0.303 e. The molecule has 3 rings (SSSR count). The molecule has 0 aliphatic carbocycles. The number of anilines is 1. The Hall–Kier alpha value is -2.87. The molecule has 0 saturated heterocycles. The normalized spacial score (nSPS) is 16.3. The molecule has 1 aliphatic rings. The molecule has 24 heavy (non-hydrogen) atoms. The molecule has 0 spiro atoms. The summed E-state index contributed by atoms with van der Waals surface area (Å²) < 4.78 is 5.61. The lowest BCUT2D eigenvalue weighted by Gasteiger charge is -2.24. The number of carbonyl (C=O) groups excluding carboxylic acids is 2. The van der Waals surface area contributed by atoms with Crippen molar-refractivity contribution in [1.29, 1.82) is 0 Å². The number of rotatable bonds is 4. The second-order valence-electron chi connectivity index (χ2n) is 5.09. The number of thiophene rings is 1. The second kappa shape index (κ2) is 6.71. The number of benzene rings is 1. The van der Waals surface area contributed by atoms with Gasteiger partial charge in [0.15, 0.2) is 0 Å². The molecule has 2 amide bonds. The van der Waals surface area contributed by atoms with E-state index in [4.69, 9.17) is 4.74 Å². The van der Waals surface area contributed by atoms with Crippen LogP contribution in [0.4, 0.5) is 5.69 Å². The van der Waals surface area contributed by atoms with Gasteiger partial charge in [0.1, 0.15) is 0 Å². The van der Waals surface area contributed by atoms with Crippen LogP contribution in [0, 0.1) is 0 Å². The Morgan fingerprint density at radius 2 is 2.00 bits per heavy atom. The minimum Gasteiger partial charge on any atom is -0.440 e. The predicted molar refractivity (Wildman–Crippen MR) is 91.2 cm³/mol. The molecule has 1 aliphatic heterocycles. The third-order valence-corrected chi connectivity index (χ3v) is 4.20. The molecule has 2 aromatic rings. The van der Waals surface area contributed by atoms with Crippen LogP contribution in [0.25, 0.3) is 0 Å². The number of hydrogen-bond acceptors (Lipinski definition) is 6. The number of amides is 2. The lowest BCUT2D eigenvalue weighted by atomic mass is 10.3. The summed E-state index contributed by atoms with van der Waals surface area (Å²) in [5, 5.41) is 8.60. The topological polar surface area (TPSA) is 74.2 Å². The van der Waals surface area contributed by atoms with E-state index in [0.29, 0.717) is 0 Å². The first-order valence-electron chi connectivity index (χ1n) is 7.24. The van der Waals surface area contributed by atoms with Crippen molar-refractivity contribution in [1.82, 2.24) is 10.4 Å². The van der Waals surface area contributed by atoms with Crippen LogP contribution < -0.4 is 10.4 Å². The number of ether oxygens (including phenoxy) is 1. The maximum atomic E-state index is 12.5. The first kappa shape index (κ1) is 16.0. The van der Waals surface area contributed by atoms with Gasteiger partial charge in [0.2, 0.25) is 5.91 Å². The molecular weight excluding hydrogens is 328 g/mol. The number of carbonyl (C=O) groups is 2. The quantitative estimate of drug-likeness (QED) is 0.858. The van der Waals surface area contributed by atoms with Gasteiger partial charge in [0.25, 0.3) is 12.1 Å². The molecule has 1 aromatic carbocycles. The largest absolute Gasteiger partial charge is 0.440 e. The van der Waals surface area contributed by atoms with Crippen LogP contribution in [0.1, 0.15) is 11.8 Å². The number of hydrogen-bond donors (Lipinski definition) is 1. The highest BCUT2D eigenvalue weighted by atomic mass is 32.1. The molecule has 1 aromatic heterocycles. The highest BCUT2D eigenvalue weighted by Crippen LogP contribution is 2.21. The van der Waals surface area contributed by atoms with Gasteiger partial charge in [-0.1, -0.05) is 24.3 Å². The van der Waals surface area contributed by atoms with Crippen LogP contribution in [-0.4, -0.2) is 36.0 Å². The fourth-order valence-corrected chi connectivity index (χ4v) is 2.82. The van der Waals surface area contributed by atoms with E-state index in [0.717, 1.165) is 15.6 Å². The Balaban J connectivity index is 1.73. The minimum absolute atomic E-state index is 0.266. The summed E-state index contributed by atoms with van der Waals surface area (Å²) >= 11 is 1.42. The lowest BCUT2D eigenvalue weighted by molar-refractivity contribution is -0.146. The van der Waals surface area contributed by atoms with E-state index in [1.165, 1.54) is 18.3 Å². The Kier molecular flexibility index (Phi) is 4.48. The Bertz CT molecular complexity index is 761. The average molecular weight is 344 g/mol. The van der Waals surface area contributed by atoms with Crippen molar-refractivity contribution < 1.29 is 14.3 Å². The summed E-state index contributed by atoms with van der Waals surface area (Å²) in [6, 6.07) is 13.0. The van der Waals surface area contributed by atoms with Gasteiger partial charge in [0, 0.05) is 14.0 Å². The van der Waals surface area contributed by atoms with Gasteiger partial charge in [-0.15, -0.1) is 16.4 Å². The van der Waals surface area contributed by atoms with Gasteiger partial charge >= 0.3 is 5.91 Å².